The third-order valence-electron chi connectivity index (χ3n) is 2.65. The van der Waals surface area contributed by atoms with Gasteiger partial charge in [-0.15, -0.1) is 0 Å². The molecule has 0 aliphatic carbocycles. The van der Waals surface area contributed by atoms with Gasteiger partial charge in [0.25, 0.3) is 0 Å². The first-order valence-electron chi connectivity index (χ1n) is 5.62. The third-order valence-corrected chi connectivity index (χ3v) is 2.98. The molecule has 0 aliphatic heterocycles. The summed E-state index contributed by atoms with van der Waals surface area (Å²) in [6.07, 6.45) is 4.76. The number of anilines is 3. The fourth-order valence-corrected chi connectivity index (χ4v) is 2.07. The number of rotatable bonds is 2. The Bertz CT molecular complexity index is 744. The van der Waals surface area contributed by atoms with Crippen LogP contribution in [-0.2, 0) is 0 Å². The number of pyridine rings is 1. The Hall–Kier alpha value is -2.40. The number of halogens is 1. The molecule has 0 aliphatic rings. The lowest BCUT2D eigenvalue weighted by atomic mass is 10.1. The molecule has 0 bridgehead atoms. The van der Waals surface area contributed by atoms with Crippen molar-refractivity contribution < 1.29 is 0 Å². The first-order chi connectivity index (χ1) is 9.24. The molecule has 6 heteroatoms. The molecule has 5 nitrogen and oxygen atoms in total. The van der Waals surface area contributed by atoms with Crippen LogP contribution in [0.15, 0.2) is 42.9 Å². The number of fused-ring (bicyclic) bond motifs is 1. The molecule has 0 radical (unpaired) electrons. The minimum atomic E-state index is 0.350. The fourth-order valence-electron chi connectivity index (χ4n) is 1.83. The van der Waals surface area contributed by atoms with Gasteiger partial charge in [-0.2, -0.15) is 0 Å². The van der Waals surface area contributed by atoms with Gasteiger partial charge in [-0.25, -0.2) is 9.97 Å². The summed E-state index contributed by atoms with van der Waals surface area (Å²) in [6.45, 7) is 0. The third kappa shape index (κ3) is 2.28. The van der Waals surface area contributed by atoms with Gasteiger partial charge < -0.3 is 11.1 Å². The van der Waals surface area contributed by atoms with Crippen LogP contribution in [0.25, 0.3) is 10.8 Å². The Labute approximate surface area is 114 Å². The molecule has 1 aromatic carbocycles. The summed E-state index contributed by atoms with van der Waals surface area (Å²) < 4.78 is 0. The number of nitrogens with zero attached hydrogens (tertiary/aromatic N) is 3. The second-order valence-corrected chi connectivity index (χ2v) is 4.36. The monoisotopic (exact) mass is 271 g/mol. The fraction of sp³-hybridized carbons (Fsp3) is 0. The van der Waals surface area contributed by atoms with Crippen molar-refractivity contribution in [1.82, 2.24) is 15.0 Å². The Morgan fingerprint density at radius 3 is 2.84 bits per heavy atom. The van der Waals surface area contributed by atoms with Crippen molar-refractivity contribution in [3.05, 3.63) is 47.9 Å². The Morgan fingerprint density at radius 1 is 1.11 bits per heavy atom. The highest BCUT2D eigenvalue weighted by Crippen LogP contribution is 2.28. The van der Waals surface area contributed by atoms with Crippen LogP contribution in [0.3, 0.4) is 0 Å². The van der Waals surface area contributed by atoms with Crippen LogP contribution in [0.1, 0.15) is 0 Å². The molecule has 0 amide bonds. The Balaban J connectivity index is 2.08. The molecule has 3 aromatic rings. The van der Waals surface area contributed by atoms with Gasteiger partial charge in [-0.3, -0.25) is 4.98 Å². The average Bonchev–Trinajstić information content (AvgIpc) is 2.40. The molecule has 94 valence electrons. The van der Waals surface area contributed by atoms with E-state index in [0.29, 0.717) is 22.5 Å². The molecule has 0 saturated heterocycles. The molecule has 3 rings (SSSR count). The van der Waals surface area contributed by atoms with E-state index in [1.807, 2.05) is 24.3 Å². The lowest BCUT2D eigenvalue weighted by Crippen LogP contribution is -2.00. The summed E-state index contributed by atoms with van der Waals surface area (Å²) in [5.74, 6) is 1.56. The maximum atomic E-state index is 6.15. The first kappa shape index (κ1) is 11.7. The van der Waals surface area contributed by atoms with Crippen LogP contribution in [-0.4, -0.2) is 15.0 Å². The molecule has 0 spiro atoms. The first-order valence-corrected chi connectivity index (χ1v) is 5.99. The highest BCUT2D eigenvalue weighted by Gasteiger charge is 2.06. The number of nitrogen functional groups attached to an aromatic ring is 1. The summed E-state index contributed by atoms with van der Waals surface area (Å²) in [7, 11) is 0. The molecule has 0 unspecified atom stereocenters. The molecule has 3 N–H and O–H groups in total. The van der Waals surface area contributed by atoms with Gasteiger partial charge >= 0.3 is 0 Å². The summed E-state index contributed by atoms with van der Waals surface area (Å²) in [4.78, 5) is 12.4. The van der Waals surface area contributed by atoms with Crippen molar-refractivity contribution >= 4 is 39.8 Å². The van der Waals surface area contributed by atoms with E-state index >= 15 is 0 Å². The van der Waals surface area contributed by atoms with E-state index < -0.39 is 0 Å². The van der Waals surface area contributed by atoms with Crippen molar-refractivity contribution in [3.8, 4) is 0 Å². The Kier molecular flexibility index (Phi) is 2.89. The maximum Gasteiger partial charge on any atom is 0.152 e. The SMILES string of the molecule is Nc1cncc(Nc2nccc3c(Cl)cccc23)n1. The predicted octanol–water partition coefficient (Wildman–Crippen LogP) is 3.00. The molecule has 2 aromatic heterocycles. The number of benzene rings is 1. The molecule has 0 atom stereocenters. The van der Waals surface area contributed by atoms with Crippen molar-refractivity contribution in [2.24, 2.45) is 0 Å². The van der Waals surface area contributed by atoms with E-state index in [1.165, 1.54) is 6.20 Å². The lowest BCUT2D eigenvalue weighted by molar-refractivity contribution is 1.20. The molecule has 19 heavy (non-hydrogen) atoms. The number of hydrogen-bond donors (Lipinski definition) is 2. The van der Waals surface area contributed by atoms with E-state index in [4.69, 9.17) is 17.3 Å². The smallest absolute Gasteiger partial charge is 0.152 e. The minimum absolute atomic E-state index is 0.350. The predicted molar refractivity (Wildman–Crippen MR) is 76.5 cm³/mol. The van der Waals surface area contributed by atoms with Gasteiger partial charge in [0.05, 0.1) is 12.4 Å². The van der Waals surface area contributed by atoms with E-state index in [0.717, 1.165) is 10.8 Å². The highest BCUT2D eigenvalue weighted by atomic mass is 35.5. The molecule has 0 fully saturated rings. The van der Waals surface area contributed by atoms with Crippen LogP contribution < -0.4 is 11.1 Å². The van der Waals surface area contributed by atoms with Crippen molar-refractivity contribution in [3.63, 3.8) is 0 Å². The second kappa shape index (κ2) is 4.70. The summed E-state index contributed by atoms with van der Waals surface area (Å²) in [6, 6.07) is 7.53. The van der Waals surface area contributed by atoms with Gasteiger partial charge in [0, 0.05) is 22.0 Å². The van der Waals surface area contributed by atoms with Crippen LogP contribution in [0.5, 0.6) is 0 Å². The zero-order valence-corrected chi connectivity index (χ0v) is 10.6. The van der Waals surface area contributed by atoms with Crippen LogP contribution in [0.4, 0.5) is 17.5 Å². The van der Waals surface area contributed by atoms with Gasteiger partial charge in [-0.1, -0.05) is 23.7 Å². The highest BCUT2D eigenvalue weighted by molar-refractivity contribution is 6.35. The van der Waals surface area contributed by atoms with E-state index in [2.05, 4.69) is 20.3 Å². The normalized spacial score (nSPS) is 10.6. The molecule has 0 saturated carbocycles. The lowest BCUT2D eigenvalue weighted by Gasteiger charge is -2.08. The number of nitrogens with two attached hydrogens (primary N) is 1. The zero-order chi connectivity index (χ0) is 13.2. The molecular formula is C13H10ClN5. The van der Waals surface area contributed by atoms with E-state index in [-0.39, 0.29) is 0 Å². The van der Waals surface area contributed by atoms with E-state index in [9.17, 15) is 0 Å². The van der Waals surface area contributed by atoms with Crippen molar-refractivity contribution in [1.29, 1.82) is 0 Å². The Morgan fingerprint density at radius 2 is 2.00 bits per heavy atom. The van der Waals surface area contributed by atoms with Gasteiger partial charge in [0.2, 0.25) is 0 Å². The van der Waals surface area contributed by atoms with Crippen LogP contribution in [0.2, 0.25) is 5.02 Å². The van der Waals surface area contributed by atoms with Gasteiger partial charge in [0.1, 0.15) is 11.6 Å². The quantitative estimate of drug-likeness (QED) is 0.749. The summed E-state index contributed by atoms with van der Waals surface area (Å²) in [5.41, 5.74) is 5.59. The van der Waals surface area contributed by atoms with Crippen LogP contribution >= 0.6 is 11.6 Å². The largest absolute Gasteiger partial charge is 0.382 e. The number of hydrogen-bond acceptors (Lipinski definition) is 5. The van der Waals surface area contributed by atoms with Crippen molar-refractivity contribution in [2.75, 3.05) is 11.1 Å². The van der Waals surface area contributed by atoms with Gasteiger partial charge in [-0.05, 0) is 12.1 Å². The number of aromatic nitrogens is 3. The minimum Gasteiger partial charge on any atom is -0.382 e. The van der Waals surface area contributed by atoms with Gasteiger partial charge in [0.15, 0.2) is 5.82 Å². The molecule has 2 heterocycles. The molecular weight excluding hydrogens is 262 g/mol. The maximum absolute atomic E-state index is 6.15. The van der Waals surface area contributed by atoms with E-state index in [1.54, 1.807) is 12.4 Å². The van der Waals surface area contributed by atoms with Crippen LogP contribution in [0, 0.1) is 0 Å². The summed E-state index contributed by atoms with van der Waals surface area (Å²) in [5, 5.41) is 5.62. The van der Waals surface area contributed by atoms with Crippen molar-refractivity contribution in [2.45, 2.75) is 0 Å². The average molecular weight is 272 g/mol. The standard InChI is InChI=1S/C13H10ClN5/c14-10-3-1-2-9-8(10)4-5-17-13(9)19-12-7-16-6-11(15)18-12/h1-7H,(H3,15,17,18,19). The zero-order valence-electron chi connectivity index (χ0n) is 9.84. The second-order valence-electron chi connectivity index (χ2n) is 3.95. The number of nitrogens with one attached hydrogen (secondary N) is 1. The summed E-state index contributed by atoms with van der Waals surface area (Å²) >= 11 is 6.15. The topological polar surface area (TPSA) is 76.7 Å².